The molecule has 0 aliphatic heterocycles. The second kappa shape index (κ2) is 5.17. The maximum absolute atomic E-state index is 13.0. The fourth-order valence-electron chi connectivity index (χ4n) is 1.46. The standard InChI is InChI=1S/C13H11ClFNO/c14-10-2-1-3-12(7-10)17-13-5-4-11(15)6-9(13)8-16/h1-7H,8,16H2. The van der Waals surface area contributed by atoms with Crippen molar-refractivity contribution >= 4 is 11.6 Å². The van der Waals surface area contributed by atoms with Gasteiger partial charge in [0.2, 0.25) is 0 Å². The molecule has 2 N–H and O–H groups in total. The summed E-state index contributed by atoms with van der Waals surface area (Å²) in [5, 5.41) is 0.582. The smallest absolute Gasteiger partial charge is 0.132 e. The summed E-state index contributed by atoms with van der Waals surface area (Å²) in [5.41, 5.74) is 6.15. The van der Waals surface area contributed by atoms with Gasteiger partial charge in [-0.15, -0.1) is 0 Å². The molecule has 0 spiro atoms. The second-order valence-electron chi connectivity index (χ2n) is 3.52. The Balaban J connectivity index is 2.29. The minimum atomic E-state index is -0.330. The predicted octanol–water partition coefficient (Wildman–Crippen LogP) is 3.73. The maximum Gasteiger partial charge on any atom is 0.132 e. The molecule has 0 saturated carbocycles. The van der Waals surface area contributed by atoms with Crippen molar-refractivity contribution in [3.63, 3.8) is 0 Å². The minimum absolute atomic E-state index is 0.216. The van der Waals surface area contributed by atoms with Gasteiger partial charge in [0.15, 0.2) is 0 Å². The highest BCUT2D eigenvalue weighted by molar-refractivity contribution is 6.30. The Morgan fingerprint density at radius 1 is 1.18 bits per heavy atom. The number of benzene rings is 2. The Bertz CT molecular complexity index is 531. The molecule has 0 saturated heterocycles. The van der Waals surface area contributed by atoms with Crippen LogP contribution < -0.4 is 10.5 Å². The van der Waals surface area contributed by atoms with Gasteiger partial charge in [-0.25, -0.2) is 4.39 Å². The van der Waals surface area contributed by atoms with Crippen LogP contribution in [-0.4, -0.2) is 0 Å². The van der Waals surface area contributed by atoms with Gasteiger partial charge in [0.25, 0.3) is 0 Å². The predicted molar refractivity (Wildman–Crippen MR) is 65.8 cm³/mol. The third kappa shape index (κ3) is 2.96. The third-order valence-electron chi connectivity index (χ3n) is 2.27. The molecule has 0 fully saturated rings. The minimum Gasteiger partial charge on any atom is -0.457 e. The molecule has 0 radical (unpaired) electrons. The first-order valence-electron chi connectivity index (χ1n) is 5.11. The second-order valence-corrected chi connectivity index (χ2v) is 3.95. The molecule has 88 valence electrons. The largest absolute Gasteiger partial charge is 0.457 e. The molecular formula is C13H11ClFNO. The number of ether oxygens (including phenoxy) is 1. The Morgan fingerprint density at radius 3 is 2.71 bits per heavy atom. The van der Waals surface area contributed by atoms with E-state index in [0.717, 1.165) is 0 Å². The van der Waals surface area contributed by atoms with Gasteiger partial charge in [-0.3, -0.25) is 0 Å². The summed E-state index contributed by atoms with van der Waals surface area (Å²) in [5.74, 6) is 0.805. The van der Waals surface area contributed by atoms with Crippen LogP contribution in [0.3, 0.4) is 0 Å². The molecule has 0 atom stereocenters. The van der Waals surface area contributed by atoms with Crippen LogP contribution in [0.25, 0.3) is 0 Å². The Hall–Kier alpha value is -1.58. The van der Waals surface area contributed by atoms with Crippen LogP contribution in [0.15, 0.2) is 42.5 Å². The lowest BCUT2D eigenvalue weighted by molar-refractivity contribution is 0.474. The van der Waals surface area contributed by atoms with Crippen molar-refractivity contribution in [2.75, 3.05) is 0 Å². The number of nitrogens with two attached hydrogens (primary N) is 1. The maximum atomic E-state index is 13.0. The van der Waals surface area contributed by atoms with Crippen molar-refractivity contribution in [2.45, 2.75) is 6.54 Å². The van der Waals surface area contributed by atoms with Gasteiger partial charge >= 0.3 is 0 Å². The fourth-order valence-corrected chi connectivity index (χ4v) is 1.64. The molecule has 4 heteroatoms. The van der Waals surface area contributed by atoms with E-state index in [1.54, 1.807) is 30.3 Å². The topological polar surface area (TPSA) is 35.2 Å². The molecule has 2 nitrogen and oxygen atoms in total. The van der Waals surface area contributed by atoms with E-state index in [1.807, 2.05) is 0 Å². The van der Waals surface area contributed by atoms with Gasteiger partial charge in [-0.05, 0) is 36.4 Å². The van der Waals surface area contributed by atoms with Gasteiger partial charge in [0.1, 0.15) is 17.3 Å². The SMILES string of the molecule is NCc1cc(F)ccc1Oc1cccc(Cl)c1. The molecule has 2 aromatic rings. The van der Waals surface area contributed by atoms with E-state index in [4.69, 9.17) is 22.1 Å². The van der Waals surface area contributed by atoms with Crippen LogP contribution in [0.2, 0.25) is 5.02 Å². The summed E-state index contributed by atoms with van der Waals surface area (Å²) in [6.45, 7) is 0.216. The zero-order chi connectivity index (χ0) is 12.3. The van der Waals surface area contributed by atoms with Crippen molar-refractivity contribution in [3.8, 4) is 11.5 Å². The number of hydrogen-bond donors (Lipinski definition) is 1. The molecule has 0 aliphatic carbocycles. The van der Waals surface area contributed by atoms with Crippen LogP contribution in [-0.2, 0) is 6.54 Å². The van der Waals surface area contributed by atoms with Crippen LogP contribution in [0.1, 0.15) is 5.56 Å². The summed E-state index contributed by atoms with van der Waals surface area (Å²) in [7, 11) is 0. The molecule has 0 heterocycles. The van der Waals surface area contributed by atoms with Crippen molar-refractivity contribution < 1.29 is 9.13 Å². The zero-order valence-corrected chi connectivity index (χ0v) is 9.75. The summed E-state index contributed by atoms with van der Waals surface area (Å²) >= 11 is 5.85. The van der Waals surface area contributed by atoms with Crippen LogP contribution in [0.4, 0.5) is 4.39 Å². The quantitative estimate of drug-likeness (QED) is 0.902. The third-order valence-corrected chi connectivity index (χ3v) is 2.50. The monoisotopic (exact) mass is 251 g/mol. The zero-order valence-electron chi connectivity index (χ0n) is 8.99. The van der Waals surface area contributed by atoms with E-state index in [0.29, 0.717) is 22.1 Å². The first-order valence-corrected chi connectivity index (χ1v) is 5.49. The highest BCUT2D eigenvalue weighted by Crippen LogP contribution is 2.27. The summed E-state index contributed by atoms with van der Waals surface area (Å²) in [6.07, 6.45) is 0. The molecule has 2 rings (SSSR count). The van der Waals surface area contributed by atoms with E-state index < -0.39 is 0 Å². The van der Waals surface area contributed by atoms with Crippen molar-refractivity contribution in [1.82, 2.24) is 0 Å². The van der Waals surface area contributed by atoms with Gasteiger partial charge in [-0.1, -0.05) is 17.7 Å². The summed E-state index contributed by atoms with van der Waals surface area (Å²) in [6, 6.07) is 11.2. The molecule has 17 heavy (non-hydrogen) atoms. The van der Waals surface area contributed by atoms with Crippen molar-refractivity contribution in [1.29, 1.82) is 0 Å². The lowest BCUT2D eigenvalue weighted by Crippen LogP contribution is -2.00. The van der Waals surface area contributed by atoms with Gasteiger partial charge in [0.05, 0.1) is 0 Å². The molecule has 2 aromatic carbocycles. The number of rotatable bonds is 3. The van der Waals surface area contributed by atoms with E-state index >= 15 is 0 Å². The lowest BCUT2D eigenvalue weighted by atomic mass is 10.2. The molecule has 0 bridgehead atoms. The van der Waals surface area contributed by atoms with Gasteiger partial charge in [-0.2, -0.15) is 0 Å². The lowest BCUT2D eigenvalue weighted by Gasteiger charge is -2.10. The Morgan fingerprint density at radius 2 is 2.00 bits per heavy atom. The Labute approximate surface area is 104 Å². The van der Waals surface area contributed by atoms with E-state index in [1.165, 1.54) is 12.1 Å². The van der Waals surface area contributed by atoms with E-state index in [-0.39, 0.29) is 12.4 Å². The van der Waals surface area contributed by atoms with Gasteiger partial charge in [0, 0.05) is 17.1 Å². The van der Waals surface area contributed by atoms with Crippen LogP contribution in [0.5, 0.6) is 11.5 Å². The summed E-state index contributed by atoms with van der Waals surface area (Å²) < 4.78 is 18.6. The number of hydrogen-bond acceptors (Lipinski definition) is 2. The normalized spacial score (nSPS) is 10.3. The van der Waals surface area contributed by atoms with Crippen LogP contribution in [0, 0.1) is 5.82 Å². The molecular weight excluding hydrogens is 241 g/mol. The first-order chi connectivity index (χ1) is 8.19. The van der Waals surface area contributed by atoms with Gasteiger partial charge < -0.3 is 10.5 Å². The molecule has 0 aromatic heterocycles. The highest BCUT2D eigenvalue weighted by atomic mass is 35.5. The van der Waals surface area contributed by atoms with E-state index in [2.05, 4.69) is 0 Å². The van der Waals surface area contributed by atoms with Crippen LogP contribution >= 0.6 is 11.6 Å². The molecule has 0 amide bonds. The molecule has 0 unspecified atom stereocenters. The summed E-state index contributed by atoms with van der Waals surface area (Å²) in [4.78, 5) is 0. The first kappa shape index (κ1) is 11.9. The molecule has 0 aliphatic rings. The Kier molecular flexibility index (Phi) is 3.61. The average Bonchev–Trinajstić information content (AvgIpc) is 2.31. The van der Waals surface area contributed by atoms with E-state index in [9.17, 15) is 4.39 Å². The fraction of sp³-hybridized carbons (Fsp3) is 0.0769. The average molecular weight is 252 g/mol. The number of halogens is 2. The van der Waals surface area contributed by atoms with Crippen molar-refractivity contribution in [2.24, 2.45) is 5.73 Å². The highest BCUT2D eigenvalue weighted by Gasteiger charge is 2.05. The van der Waals surface area contributed by atoms with Crippen molar-refractivity contribution in [3.05, 3.63) is 58.9 Å².